The van der Waals surface area contributed by atoms with Crippen LogP contribution in [0.2, 0.25) is 10.0 Å². The number of hydrogen-bond donors (Lipinski definition) is 4. The summed E-state index contributed by atoms with van der Waals surface area (Å²) in [5.74, 6) is -3.14. The quantitative estimate of drug-likeness (QED) is 0.200. The standard InChI is InChI=1S/C22H16BrCl2N5O5/c23-12-1-3-15(4-2-12)28-21(33)22(34)30-27-11-18-6-5-17(35-18)10-26-19(31)20(32)29-16-8-13(24)7-14(25)9-16/h1-9,11H,10H2,(H,26,31)(H,28,33)(H,29,32)(H,30,34)/b27-11+. The second kappa shape index (κ2) is 12.2. The molecule has 10 nitrogen and oxygen atoms in total. The first kappa shape index (κ1) is 25.9. The van der Waals surface area contributed by atoms with Crippen molar-refractivity contribution in [2.45, 2.75) is 6.54 Å². The summed E-state index contributed by atoms with van der Waals surface area (Å²) < 4.78 is 6.25. The van der Waals surface area contributed by atoms with E-state index in [4.69, 9.17) is 27.6 Å². The Hall–Kier alpha value is -3.67. The Morgan fingerprint density at radius 3 is 2.14 bits per heavy atom. The molecule has 180 valence electrons. The van der Waals surface area contributed by atoms with Crippen molar-refractivity contribution in [1.29, 1.82) is 0 Å². The first-order valence-corrected chi connectivity index (χ1v) is 11.3. The molecule has 1 heterocycles. The minimum absolute atomic E-state index is 0.0850. The molecule has 35 heavy (non-hydrogen) atoms. The van der Waals surface area contributed by atoms with E-state index < -0.39 is 23.6 Å². The number of carbonyl (C=O) groups excluding carboxylic acids is 4. The number of nitrogens with one attached hydrogen (secondary N) is 4. The van der Waals surface area contributed by atoms with Crippen LogP contribution in [-0.2, 0) is 25.7 Å². The van der Waals surface area contributed by atoms with Gasteiger partial charge in [-0.15, -0.1) is 0 Å². The lowest BCUT2D eigenvalue weighted by atomic mass is 10.3. The van der Waals surface area contributed by atoms with Gasteiger partial charge in [-0.1, -0.05) is 39.1 Å². The second-order valence-electron chi connectivity index (χ2n) is 6.76. The molecule has 0 unspecified atom stereocenters. The van der Waals surface area contributed by atoms with Crippen LogP contribution in [0.5, 0.6) is 0 Å². The van der Waals surface area contributed by atoms with Gasteiger partial charge in [-0.3, -0.25) is 19.2 Å². The molecule has 0 aliphatic rings. The van der Waals surface area contributed by atoms with Gasteiger partial charge in [0.05, 0.1) is 12.8 Å². The SMILES string of the molecule is O=C(NCc1ccc(/C=N/NC(=O)C(=O)Nc2ccc(Br)cc2)o1)C(=O)Nc1cc(Cl)cc(Cl)c1. The Labute approximate surface area is 217 Å². The molecule has 13 heteroatoms. The van der Waals surface area contributed by atoms with Gasteiger partial charge in [-0.25, -0.2) is 5.43 Å². The van der Waals surface area contributed by atoms with Crippen molar-refractivity contribution in [2.75, 3.05) is 10.6 Å². The van der Waals surface area contributed by atoms with Crippen LogP contribution in [-0.4, -0.2) is 29.8 Å². The fourth-order valence-electron chi connectivity index (χ4n) is 2.55. The predicted octanol–water partition coefficient (Wildman–Crippen LogP) is 3.69. The Balaban J connectivity index is 1.44. The average Bonchev–Trinajstić information content (AvgIpc) is 3.25. The van der Waals surface area contributed by atoms with Gasteiger partial charge in [0.1, 0.15) is 11.5 Å². The van der Waals surface area contributed by atoms with Crippen LogP contribution in [0.25, 0.3) is 0 Å². The molecule has 0 aliphatic heterocycles. The van der Waals surface area contributed by atoms with Crippen LogP contribution in [0.3, 0.4) is 0 Å². The molecule has 0 aliphatic carbocycles. The second-order valence-corrected chi connectivity index (χ2v) is 8.55. The molecule has 0 radical (unpaired) electrons. The van der Waals surface area contributed by atoms with Crippen LogP contribution in [0.1, 0.15) is 11.5 Å². The summed E-state index contributed by atoms with van der Waals surface area (Å²) in [6.07, 6.45) is 1.17. The number of hydrazone groups is 1. The molecule has 2 aromatic carbocycles. The minimum Gasteiger partial charge on any atom is -0.458 e. The van der Waals surface area contributed by atoms with E-state index in [1.165, 1.54) is 30.5 Å². The molecule has 0 spiro atoms. The first-order chi connectivity index (χ1) is 16.7. The van der Waals surface area contributed by atoms with Crippen LogP contribution in [0.15, 0.2) is 68.6 Å². The molecule has 0 fully saturated rings. The van der Waals surface area contributed by atoms with Crippen LogP contribution in [0, 0.1) is 0 Å². The molecule has 1 aromatic heterocycles. The van der Waals surface area contributed by atoms with Crippen LogP contribution in [0.4, 0.5) is 11.4 Å². The fraction of sp³-hybridized carbons (Fsp3) is 0.0455. The summed E-state index contributed by atoms with van der Waals surface area (Å²) in [7, 11) is 0. The van der Waals surface area contributed by atoms with E-state index in [2.05, 4.69) is 42.4 Å². The number of anilines is 2. The molecule has 4 N–H and O–H groups in total. The van der Waals surface area contributed by atoms with E-state index in [0.717, 1.165) is 4.47 Å². The van der Waals surface area contributed by atoms with E-state index in [9.17, 15) is 19.2 Å². The van der Waals surface area contributed by atoms with Gasteiger partial charge >= 0.3 is 23.6 Å². The van der Waals surface area contributed by atoms with Crippen molar-refractivity contribution in [1.82, 2.24) is 10.7 Å². The van der Waals surface area contributed by atoms with Gasteiger partial charge in [0, 0.05) is 25.9 Å². The normalized spacial score (nSPS) is 10.6. The molecule has 0 saturated carbocycles. The zero-order chi connectivity index (χ0) is 25.4. The van der Waals surface area contributed by atoms with E-state index >= 15 is 0 Å². The van der Waals surface area contributed by atoms with Crippen molar-refractivity contribution in [3.8, 4) is 0 Å². The van der Waals surface area contributed by atoms with Gasteiger partial charge in [0.2, 0.25) is 0 Å². The van der Waals surface area contributed by atoms with Gasteiger partial charge in [0.25, 0.3) is 0 Å². The maximum atomic E-state index is 12.0. The van der Waals surface area contributed by atoms with Gasteiger partial charge in [0.15, 0.2) is 0 Å². The van der Waals surface area contributed by atoms with Gasteiger partial charge in [-0.2, -0.15) is 5.10 Å². The lowest BCUT2D eigenvalue weighted by Gasteiger charge is -2.06. The van der Waals surface area contributed by atoms with Crippen LogP contribution < -0.4 is 21.4 Å². The molecule has 0 bridgehead atoms. The van der Waals surface area contributed by atoms with Gasteiger partial charge in [-0.05, 0) is 54.6 Å². The number of furan rings is 1. The summed E-state index contributed by atoms with van der Waals surface area (Å²) in [4.78, 5) is 47.7. The number of nitrogens with zero attached hydrogens (tertiary/aromatic N) is 1. The Morgan fingerprint density at radius 2 is 1.46 bits per heavy atom. The number of halogens is 3. The molecule has 3 rings (SSSR count). The number of carbonyl (C=O) groups is 4. The van der Waals surface area contributed by atoms with E-state index in [0.29, 0.717) is 21.5 Å². The molecule has 3 aromatic rings. The zero-order valence-electron chi connectivity index (χ0n) is 17.6. The maximum Gasteiger partial charge on any atom is 0.329 e. The highest BCUT2D eigenvalue weighted by molar-refractivity contribution is 9.10. The van der Waals surface area contributed by atoms with E-state index in [1.54, 1.807) is 30.3 Å². The summed E-state index contributed by atoms with van der Waals surface area (Å²) in [6.45, 7) is -0.0850. The van der Waals surface area contributed by atoms with Gasteiger partial charge < -0.3 is 20.4 Å². The monoisotopic (exact) mass is 579 g/mol. The Bertz CT molecular complexity index is 1270. The highest BCUT2D eigenvalue weighted by Gasteiger charge is 2.15. The molecule has 4 amide bonds. The summed E-state index contributed by atoms with van der Waals surface area (Å²) in [5, 5.41) is 11.5. The number of benzene rings is 2. The maximum absolute atomic E-state index is 12.0. The summed E-state index contributed by atoms with van der Waals surface area (Å²) >= 11 is 15.0. The van der Waals surface area contributed by atoms with E-state index in [1.807, 2.05) is 0 Å². The molecular weight excluding hydrogens is 565 g/mol. The zero-order valence-corrected chi connectivity index (χ0v) is 20.7. The van der Waals surface area contributed by atoms with Crippen molar-refractivity contribution < 1.29 is 23.6 Å². The van der Waals surface area contributed by atoms with Crippen molar-refractivity contribution in [3.63, 3.8) is 0 Å². The predicted molar refractivity (Wildman–Crippen MR) is 134 cm³/mol. The first-order valence-electron chi connectivity index (χ1n) is 9.73. The van der Waals surface area contributed by atoms with Crippen molar-refractivity contribution in [3.05, 3.63) is 80.6 Å². The smallest absolute Gasteiger partial charge is 0.329 e. The lowest BCUT2D eigenvalue weighted by Crippen LogP contribution is -2.34. The lowest BCUT2D eigenvalue weighted by molar-refractivity contribution is -0.136. The number of hydrogen-bond acceptors (Lipinski definition) is 6. The third-order valence-corrected chi connectivity index (χ3v) is 5.06. The Kier molecular flexibility index (Phi) is 9.01. The van der Waals surface area contributed by atoms with Crippen molar-refractivity contribution >= 4 is 80.3 Å². The summed E-state index contributed by atoms with van der Waals surface area (Å²) in [5.41, 5.74) is 2.79. The third-order valence-electron chi connectivity index (χ3n) is 4.10. The molecular formula is C22H16BrCl2N5O5. The van der Waals surface area contributed by atoms with Crippen molar-refractivity contribution in [2.24, 2.45) is 5.10 Å². The highest BCUT2D eigenvalue weighted by atomic mass is 79.9. The molecule has 0 saturated heterocycles. The topological polar surface area (TPSA) is 142 Å². The molecule has 0 atom stereocenters. The largest absolute Gasteiger partial charge is 0.458 e. The average molecular weight is 581 g/mol. The summed E-state index contributed by atoms with van der Waals surface area (Å²) in [6, 6.07) is 14.1. The fourth-order valence-corrected chi connectivity index (χ4v) is 3.34. The van der Waals surface area contributed by atoms with Crippen LogP contribution >= 0.6 is 39.1 Å². The Morgan fingerprint density at radius 1 is 0.829 bits per heavy atom. The van der Waals surface area contributed by atoms with E-state index in [-0.39, 0.29) is 18.0 Å². The number of amides is 4. The highest BCUT2D eigenvalue weighted by Crippen LogP contribution is 2.22. The minimum atomic E-state index is -0.977. The number of rotatable bonds is 6. The third kappa shape index (κ3) is 8.25.